The van der Waals surface area contributed by atoms with Crippen LogP contribution in [0.1, 0.15) is 44.6 Å². The van der Waals surface area contributed by atoms with Crippen LogP contribution in [0.2, 0.25) is 0 Å². The van der Waals surface area contributed by atoms with E-state index in [4.69, 9.17) is 9.72 Å². The van der Waals surface area contributed by atoms with Crippen LogP contribution in [-0.4, -0.2) is 50.6 Å². The second-order valence-electron chi connectivity index (χ2n) is 10.8. The van der Waals surface area contributed by atoms with Crippen molar-refractivity contribution in [2.45, 2.75) is 51.9 Å². The smallest absolute Gasteiger partial charge is 0.376 e. The number of pyridine rings is 2. The summed E-state index contributed by atoms with van der Waals surface area (Å²) in [7, 11) is 0. The van der Waals surface area contributed by atoms with E-state index in [0.29, 0.717) is 35.8 Å². The average Bonchev–Trinajstić information content (AvgIpc) is 2.88. The van der Waals surface area contributed by atoms with Gasteiger partial charge in [0.25, 0.3) is 0 Å². The second kappa shape index (κ2) is 10.5. The van der Waals surface area contributed by atoms with Gasteiger partial charge in [0.05, 0.1) is 35.9 Å². The zero-order valence-electron chi connectivity index (χ0n) is 22.4. The third-order valence-electron chi connectivity index (χ3n) is 6.67. The molecule has 0 spiro atoms. The number of hydrogen-bond donors (Lipinski definition) is 1. The summed E-state index contributed by atoms with van der Waals surface area (Å²) in [5, 5.41) is 3.98. The van der Waals surface area contributed by atoms with E-state index in [1.165, 1.54) is 23.9 Å². The number of hydrogen-bond acceptors (Lipinski definition) is 7. The van der Waals surface area contributed by atoms with Gasteiger partial charge in [-0.25, -0.2) is 15.0 Å². The quantitative estimate of drug-likeness (QED) is 0.318. The number of morpholine rings is 1. The standard InChI is InChI=1S/C29H31F3N6O/c1-18-16-38(14-15-39-18)17-24-36-26(34-20-9-7-19(8-10-20)28(2,3)4)21-11-12-23(35-27(21)37-24)25-22(29(30,31)32)6-5-13-33-25/h5-13,18H,14-17H2,1-4H3,(H,34,35,36,37)/t18-/m0/s1. The van der Waals surface area contributed by atoms with Gasteiger partial charge in [0.1, 0.15) is 17.3 Å². The van der Waals surface area contributed by atoms with E-state index in [0.717, 1.165) is 24.8 Å². The molecule has 10 heteroatoms. The first-order chi connectivity index (χ1) is 18.5. The molecule has 3 aromatic heterocycles. The Morgan fingerprint density at radius 1 is 1.00 bits per heavy atom. The fraction of sp³-hybridized carbons (Fsp3) is 0.379. The molecule has 204 valence electrons. The fourth-order valence-corrected chi connectivity index (χ4v) is 4.62. The van der Waals surface area contributed by atoms with Crippen molar-refractivity contribution in [2.24, 2.45) is 0 Å². The summed E-state index contributed by atoms with van der Waals surface area (Å²) in [6.45, 7) is 11.0. The number of anilines is 2. The summed E-state index contributed by atoms with van der Waals surface area (Å²) in [4.78, 5) is 20.2. The largest absolute Gasteiger partial charge is 0.418 e. The molecule has 4 aromatic rings. The number of benzene rings is 1. The number of nitrogens with one attached hydrogen (secondary N) is 1. The number of nitrogens with zero attached hydrogens (tertiary/aromatic N) is 5. The predicted octanol–water partition coefficient (Wildman–Crippen LogP) is 6.37. The first-order valence-corrected chi connectivity index (χ1v) is 12.9. The lowest BCUT2D eigenvalue weighted by Crippen LogP contribution is -2.40. The molecular weight excluding hydrogens is 505 g/mol. The minimum absolute atomic E-state index is 0.0175. The Labute approximate surface area is 225 Å². The summed E-state index contributed by atoms with van der Waals surface area (Å²) in [5.41, 5.74) is 1.37. The topological polar surface area (TPSA) is 76.1 Å². The number of rotatable bonds is 5. The number of aromatic nitrogens is 4. The zero-order chi connectivity index (χ0) is 27.8. The molecule has 1 saturated heterocycles. The average molecular weight is 537 g/mol. The molecule has 1 fully saturated rings. The van der Waals surface area contributed by atoms with Crippen molar-refractivity contribution >= 4 is 22.5 Å². The predicted molar refractivity (Wildman–Crippen MR) is 145 cm³/mol. The van der Waals surface area contributed by atoms with Crippen LogP contribution in [0, 0.1) is 0 Å². The highest BCUT2D eigenvalue weighted by Crippen LogP contribution is 2.36. The Morgan fingerprint density at radius 3 is 2.46 bits per heavy atom. The van der Waals surface area contributed by atoms with Gasteiger partial charge in [-0.3, -0.25) is 9.88 Å². The van der Waals surface area contributed by atoms with Crippen molar-refractivity contribution in [1.29, 1.82) is 0 Å². The fourth-order valence-electron chi connectivity index (χ4n) is 4.62. The van der Waals surface area contributed by atoms with Gasteiger partial charge in [-0.15, -0.1) is 0 Å². The summed E-state index contributed by atoms with van der Waals surface area (Å²) < 4.78 is 46.7. The summed E-state index contributed by atoms with van der Waals surface area (Å²) >= 11 is 0. The lowest BCUT2D eigenvalue weighted by molar-refractivity contribution is -0.137. The molecule has 0 amide bonds. The molecule has 39 heavy (non-hydrogen) atoms. The highest BCUT2D eigenvalue weighted by molar-refractivity contribution is 5.90. The van der Waals surface area contributed by atoms with Crippen molar-refractivity contribution in [2.75, 3.05) is 25.0 Å². The van der Waals surface area contributed by atoms with E-state index < -0.39 is 11.7 Å². The Balaban J connectivity index is 1.57. The molecule has 0 radical (unpaired) electrons. The molecular formula is C29H31F3N6O. The first-order valence-electron chi connectivity index (χ1n) is 12.9. The molecule has 0 saturated carbocycles. The molecule has 4 heterocycles. The third kappa shape index (κ3) is 6.17. The number of alkyl halides is 3. The molecule has 7 nitrogen and oxygen atoms in total. The van der Waals surface area contributed by atoms with Crippen molar-refractivity contribution in [3.05, 3.63) is 71.7 Å². The summed E-state index contributed by atoms with van der Waals surface area (Å²) in [5.74, 6) is 1.06. The lowest BCUT2D eigenvalue weighted by atomic mass is 9.87. The van der Waals surface area contributed by atoms with Crippen molar-refractivity contribution in [3.8, 4) is 11.4 Å². The van der Waals surface area contributed by atoms with E-state index in [1.54, 1.807) is 6.07 Å². The minimum atomic E-state index is -4.56. The van der Waals surface area contributed by atoms with E-state index in [-0.39, 0.29) is 22.9 Å². The van der Waals surface area contributed by atoms with E-state index >= 15 is 0 Å². The van der Waals surface area contributed by atoms with Crippen LogP contribution in [0.15, 0.2) is 54.7 Å². The molecule has 1 aliphatic rings. The van der Waals surface area contributed by atoms with Crippen LogP contribution in [0.3, 0.4) is 0 Å². The summed E-state index contributed by atoms with van der Waals surface area (Å²) in [6, 6.07) is 13.6. The molecule has 1 N–H and O–H groups in total. The van der Waals surface area contributed by atoms with Gasteiger partial charge in [0.15, 0.2) is 5.65 Å². The SMILES string of the molecule is C[C@H]1CN(Cc2nc(Nc3ccc(C(C)(C)C)cc3)c3ccc(-c4ncccc4C(F)(F)F)nc3n2)CCO1. The third-order valence-corrected chi connectivity index (χ3v) is 6.67. The van der Waals surface area contributed by atoms with Gasteiger partial charge in [-0.1, -0.05) is 32.9 Å². The van der Waals surface area contributed by atoms with Crippen molar-refractivity contribution < 1.29 is 17.9 Å². The highest BCUT2D eigenvalue weighted by Gasteiger charge is 2.34. The second-order valence-corrected chi connectivity index (χ2v) is 10.8. The van der Waals surface area contributed by atoms with Gasteiger partial charge in [0.2, 0.25) is 0 Å². The number of ether oxygens (including phenoxy) is 1. The molecule has 1 atom stereocenters. The maximum Gasteiger partial charge on any atom is 0.418 e. The molecule has 5 rings (SSSR count). The Bertz CT molecular complexity index is 1470. The maximum absolute atomic E-state index is 13.7. The molecule has 0 aliphatic carbocycles. The molecule has 1 aliphatic heterocycles. The van der Waals surface area contributed by atoms with Crippen molar-refractivity contribution in [1.82, 2.24) is 24.8 Å². The van der Waals surface area contributed by atoms with Crippen LogP contribution in [0.4, 0.5) is 24.7 Å². The van der Waals surface area contributed by atoms with Gasteiger partial charge in [-0.2, -0.15) is 13.2 Å². The van der Waals surface area contributed by atoms with Gasteiger partial charge in [-0.05, 0) is 54.3 Å². The van der Waals surface area contributed by atoms with Gasteiger partial charge in [0, 0.05) is 25.0 Å². The molecule has 0 bridgehead atoms. The monoisotopic (exact) mass is 536 g/mol. The minimum Gasteiger partial charge on any atom is -0.376 e. The van der Waals surface area contributed by atoms with E-state index in [2.05, 4.69) is 58.1 Å². The first kappa shape index (κ1) is 27.0. The van der Waals surface area contributed by atoms with Crippen LogP contribution in [0.25, 0.3) is 22.4 Å². The Hall–Kier alpha value is -3.63. The zero-order valence-corrected chi connectivity index (χ0v) is 22.4. The maximum atomic E-state index is 13.7. The van der Waals surface area contributed by atoms with Crippen LogP contribution < -0.4 is 5.32 Å². The van der Waals surface area contributed by atoms with Crippen molar-refractivity contribution in [3.63, 3.8) is 0 Å². The summed E-state index contributed by atoms with van der Waals surface area (Å²) in [6.07, 6.45) is -3.14. The van der Waals surface area contributed by atoms with Crippen LogP contribution in [0.5, 0.6) is 0 Å². The van der Waals surface area contributed by atoms with Crippen LogP contribution >= 0.6 is 0 Å². The normalized spacial score (nSPS) is 16.9. The van der Waals surface area contributed by atoms with Crippen LogP contribution in [-0.2, 0) is 22.9 Å². The van der Waals surface area contributed by atoms with Gasteiger partial charge >= 0.3 is 6.18 Å². The highest BCUT2D eigenvalue weighted by atomic mass is 19.4. The molecule has 1 aromatic carbocycles. The van der Waals surface area contributed by atoms with Gasteiger partial charge < -0.3 is 10.1 Å². The van der Waals surface area contributed by atoms with E-state index in [1.807, 2.05) is 19.1 Å². The van der Waals surface area contributed by atoms with E-state index in [9.17, 15) is 13.2 Å². The Kier molecular flexibility index (Phi) is 7.26. The molecule has 0 unspecified atom stereocenters. The number of fused-ring (bicyclic) bond motifs is 1. The Morgan fingerprint density at radius 2 is 1.77 bits per heavy atom. The lowest BCUT2D eigenvalue weighted by Gasteiger charge is -2.30. The number of halogens is 3.